The van der Waals surface area contributed by atoms with Crippen LogP contribution in [0.3, 0.4) is 0 Å². The summed E-state index contributed by atoms with van der Waals surface area (Å²) in [5.41, 5.74) is 0.0193. The molecule has 6 heteroatoms. The third-order valence-electron chi connectivity index (χ3n) is 3.86. The number of hydrogen-bond acceptors (Lipinski definition) is 4. The van der Waals surface area contributed by atoms with Crippen LogP contribution in [0.1, 0.15) is 25.3 Å². The maximum absolute atomic E-state index is 12.0. The van der Waals surface area contributed by atoms with Crippen LogP contribution in [0, 0.1) is 11.3 Å². The van der Waals surface area contributed by atoms with Gasteiger partial charge in [0.15, 0.2) is 0 Å². The van der Waals surface area contributed by atoms with Crippen molar-refractivity contribution in [1.82, 2.24) is 4.90 Å². The minimum absolute atomic E-state index is 0.0274. The van der Waals surface area contributed by atoms with E-state index in [2.05, 4.69) is 5.32 Å². The Labute approximate surface area is 123 Å². The van der Waals surface area contributed by atoms with Gasteiger partial charge in [-0.2, -0.15) is 5.26 Å². The normalized spacial score (nSPS) is 21.7. The number of nitrogens with one attached hydrogen (secondary N) is 1. The Hall–Kier alpha value is -2.39. The average Bonchev–Trinajstić information content (AvgIpc) is 2.81. The molecule has 1 heterocycles. The van der Waals surface area contributed by atoms with Crippen molar-refractivity contribution in [3.05, 3.63) is 29.8 Å². The molecule has 0 aromatic heterocycles. The Morgan fingerprint density at radius 3 is 2.95 bits per heavy atom. The van der Waals surface area contributed by atoms with Gasteiger partial charge >= 0.3 is 5.97 Å². The number of anilines is 1. The van der Waals surface area contributed by atoms with E-state index in [9.17, 15) is 14.7 Å². The largest absolute Gasteiger partial charge is 0.480 e. The van der Waals surface area contributed by atoms with E-state index in [1.165, 1.54) is 0 Å². The average molecular weight is 287 g/mol. The van der Waals surface area contributed by atoms with Crippen molar-refractivity contribution in [2.75, 3.05) is 18.4 Å². The molecule has 1 fully saturated rings. The van der Waals surface area contributed by atoms with Crippen LogP contribution >= 0.6 is 0 Å². The van der Waals surface area contributed by atoms with Gasteiger partial charge in [0.2, 0.25) is 5.91 Å². The van der Waals surface area contributed by atoms with Gasteiger partial charge in [-0.25, -0.2) is 0 Å². The lowest BCUT2D eigenvalue weighted by Gasteiger charge is -2.30. The highest BCUT2D eigenvalue weighted by atomic mass is 16.4. The highest BCUT2D eigenvalue weighted by Gasteiger charge is 2.43. The van der Waals surface area contributed by atoms with E-state index in [0.717, 1.165) is 6.42 Å². The van der Waals surface area contributed by atoms with Gasteiger partial charge in [-0.1, -0.05) is 6.07 Å². The van der Waals surface area contributed by atoms with Gasteiger partial charge in [-0.3, -0.25) is 14.5 Å². The third kappa shape index (κ3) is 3.20. The molecule has 21 heavy (non-hydrogen) atoms. The number of carboxylic acid groups (broad SMARTS) is 1. The maximum Gasteiger partial charge on any atom is 0.323 e. The van der Waals surface area contributed by atoms with Crippen LogP contribution in [-0.4, -0.2) is 40.5 Å². The summed E-state index contributed by atoms with van der Waals surface area (Å²) in [6.07, 6.45) is 1.31. The third-order valence-corrected chi connectivity index (χ3v) is 3.86. The molecule has 0 spiro atoms. The van der Waals surface area contributed by atoms with Gasteiger partial charge in [-0.05, 0) is 44.5 Å². The van der Waals surface area contributed by atoms with Gasteiger partial charge < -0.3 is 10.4 Å². The van der Waals surface area contributed by atoms with Crippen LogP contribution in [0.15, 0.2) is 24.3 Å². The molecule has 1 aromatic rings. The zero-order valence-electron chi connectivity index (χ0n) is 11.8. The SMILES string of the molecule is CC1(C(=O)O)CCCN1CC(=O)Nc1cccc(C#N)c1. The van der Waals surface area contributed by atoms with Crippen molar-refractivity contribution >= 4 is 17.6 Å². The van der Waals surface area contributed by atoms with E-state index in [-0.39, 0.29) is 12.5 Å². The van der Waals surface area contributed by atoms with Crippen molar-refractivity contribution in [1.29, 1.82) is 5.26 Å². The Kier molecular flexibility index (Phi) is 4.24. The molecule has 0 saturated carbocycles. The molecule has 2 rings (SSSR count). The predicted octanol–water partition coefficient (Wildman–Crippen LogP) is 1.44. The van der Waals surface area contributed by atoms with Crippen LogP contribution < -0.4 is 5.32 Å². The van der Waals surface area contributed by atoms with Gasteiger partial charge in [0.25, 0.3) is 0 Å². The number of rotatable bonds is 4. The summed E-state index contributed by atoms with van der Waals surface area (Å²) in [7, 11) is 0. The molecular weight excluding hydrogens is 270 g/mol. The fourth-order valence-electron chi connectivity index (χ4n) is 2.56. The van der Waals surface area contributed by atoms with Gasteiger partial charge in [-0.15, -0.1) is 0 Å². The predicted molar refractivity (Wildman–Crippen MR) is 76.6 cm³/mol. The number of likely N-dealkylation sites (tertiary alicyclic amines) is 1. The molecule has 0 radical (unpaired) electrons. The number of carbonyl (C=O) groups is 2. The number of nitrogens with zero attached hydrogens (tertiary/aromatic N) is 2. The zero-order valence-corrected chi connectivity index (χ0v) is 11.8. The fraction of sp³-hybridized carbons (Fsp3) is 0.400. The van der Waals surface area contributed by atoms with Gasteiger partial charge in [0, 0.05) is 5.69 Å². The fourth-order valence-corrected chi connectivity index (χ4v) is 2.56. The van der Waals surface area contributed by atoms with Crippen LogP contribution in [-0.2, 0) is 9.59 Å². The lowest BCUT2D eigenvalue weighted by atomic mass is 9.99. The molecule has 2 N–H and O–H groups in total. The lowest BCUT2D eigenvalue weighted by Crippen LogP contribution is -2.50. The molecule has 1 aliphatic heterocycles. The van der Waals surface area contributed by atoms with Gasteiger partial charge in [0.05, 0.1) is 18.2 Å². The van der Waals surface area contributed by atoms with Crippen LogP contribution in [0.5, 0.6) is 0 Å². The quantitative estimate of drug-likeness (QED) is 0.874. The van der Waals surface area contributed by atoms with E-state index in [0.29, 0.717) is 24.2 Å². The first kappa shape index (κ1) is 15.0. The molecule has 110 valence electrons. The van der Waals surface area contributed by atoms with E-state index >= 15 is 0 Å². The first-order valence-corrected chi connectivity index (χ1v) is 6.74. The number of aliphatic carboxylic acids is 1. The molecule has 6 nitrogen and oxygen atoms in total. The maximum atomic E-state index is 12.0. The van der Waals surface area contributed by atoms with Crippen molar-refractivity contribution in [3.63, 3.8) is 0 Å². The number of hydrogen-bond donors (Lipinski definition) is 2. The zero-order chi connectivity index (χ0) is 15.5. The van der Waals surface area contributed by atoms with Crippen molar-refractivity contribution < 1.29 is 14.7 Å². The van der Waals surface area contributed by atoms with E-state index in [1.54, 1.807) is 36.1 Å². The van der Waals surface area contributed by atoms with Crippen molar-refractivity contribution in [3.8, 4) is 6.07 Å². The van der Waals surface area contributed by atoms with Crippen LogP contribution in [0.4, 0.5) is 5.69 Å². The highest BCUT2D eigenvalue weighted by molar-refractivity contribution is 5.93. The number of benzene rings is 1. The second-order valence-electron chi connectivity index (χ2n) is 5.34. The molecular formula is C15H17N3O3. The molecule has 1 saturated heterocycles. The molecule has 1 atom stereocenters. The number of carbonyl (C=O) groups excluding carboxylic acids is 1. The minimum Gasteiger partial charge on any atom is -0.480 e. The van der Waals surface area contributed by atoms with E-state index in [1.807, 2.05) is 6.07 Å². The molecule has 1 aliphatic rings. The second-order valence-corrected chi connectivity index (χ2v) is 5.34. The molecule has 1 aromatic carbocycles. The summed E-state index contributed by atoms with van der Waals surface area (Å²) in [4.78, 5) is 25.1. The summed E-state index contributed by atoms with van der Waals surface area (Å²) < 4.78 is 0. The first-order chi connectivity index (χ1) is 9.95. The minimum atomic E-state index is -0.980. The van der Waals surface area contributed by atoms with E-state index in [4.69, 9.17) is 5.26 Å². The van der Waals surface area contributed by atoms with Crippen molar-refractivity contribution in [2.45, 2.75) is 25.3 Å². The molecule has 1 amide bonds. The number of nitriles is 1. The number of carboxylic acids is 1. The summed E-state index contributed by atoms with van der Waals surface area (Å²) in [6.45, 7) is 2.26. The van der Waals surface area contributed by atoms with Gasteiger partial charge in [0.1, 0.15) is 5.54 Å². The van der Waals surface area contributed by atoms with Crippen LogP contribution in [0.2, 0.25) is 0 Å². The Morgan fingerprint density at radius 2 is 2.29 bits per heavy atom. The number of amides is 1. The molecule has 0 aliphatic carbocycles. The Bertz CT molecular complexity index is 608. The summed E-state index contributed by atoms with van der Waals surface area (Å²) in [5, 5.41) is 20.8. The topological polar surface area (TPSA) is 93.4 Å². The smallest absolute Gasteiger partial charge is 0.323 e. The van der Waals surface area contributed by atoms with E-state index < -0.39 is 11.5 Å². The molecule has 0 bridgehead atoms. The standard InChI is InChI=1S/C15H17N3O3/c1-15(14(20)21)6-3-7-18(15)10-13(19)17-12-5-2-4-11(8-12)9-16/h2,4-5,8H,3,6-7,10H2,1H3,(H,17,19)(H,20,21). The monoisotopic (exact) mass is 287 g/mol. The summed E-state index contributed by atoms with van der Waals surface area (Å²) in [5.74, 6) is -1.18. The Morgan fingerprint density at radius 1 is 1.52 bits per heavy atom. The molecule has 1 unspecified atom stereocenters. The summed E-state index contributed by atoms with van der Waals surface area (Å²) in [6, 6.07) is 8.61. The van der Waals surface area contributed by atoms with Crippen LogP contribution in [0.25, 0.3) is 0 Å². The lowest BCUT2D eigenvalue weighted by molar-refractivity contribution is -0.149. The van der Waals surface area contributed by atoms with Crippen molar-refractivity contribution in [2.24, 2.45) is 0 Å². The first-order valence-electron chi connectivity index (χ1n) is 6.74. The second kappa shape index (κ2) is 5.94. The Balaban J connectivity index is 2.02. The summed E-state index contributed by atoms with van der Waals surface area (Å²) >= 11 is 0. The highest BCUT2D eigenvalue weighted by Crippen LogP contribution is 2.28.